The van der Waals surface area contributed by atoms with Gasteiger partial charge < -0.3 is 20.8 Å². The normalized spacial score (nSPS) is 24.1. The number of aromatic nitrogens is 2. The molecule has 1 saturated heterocycles. The van der Waals surface area contributed by atoms with Crippen LogP contribution in [0.25, 0.3) is 0 Å². The van der Waals surface area contributed by atoms with Crippen LogP contribution < -0.4 is 5.73 Å². The lowest BCUT2D eigenvalue weighted by Crippen LogP contribution is -2.41. The van der Waals surface area contributed by atoms with E-state index in [0.717, 1.165) is 30.5 Å². The Morgan fingerprint density at radius 2 is 1.95 bits per heavy atom. The van der Waals surface area contributed by atoms with E-state index >= 15 is 0 Å². The van der Waals surface area contributed by atoms with E-state index in [-0.39, 0.29) is 24.6 Å². The average molecular weight is 306 g/mol. The van der Waals surface area contributed by atoms with Crippen molar-refractivity contribution in [1.29, 1.82) is 0 Å². The van der Waals surface area contributed by atoms with Gasteiger partial charge in [0.25, 0.3) is 5.91 Å². The van der Waals surface area contributed by atoms with E-state index in [1.165, 1.54) is 4.90 Å². The Morgan fingerprint density at radius 3 is 2.68 bits per heavy atom. The minimum Gasteiger partial charge on any atom is -0.480 e. The highest BCUT2D eigenvalue weighted by Gasteiger charge is 2.40. The summed E-state index contributed by atoms with van der Waals surface area (Å²) < 4.78 is 0. The fourth-order valence-electron chi connectivity index (χ4n) is 3.20. The number of fused-ring (bicyclic) bond motifs is 1. The number of hydrogen-bond donors (Lipinski definition) is 3. The first-order chi connectivity index (χ1) is 10.5. The molecule has 3 rings (SSSR count). The number of carboxylic acid groups (broad SMARTS) is 1. The Morgan fingerprint density at radius 1 is 1.23 bits per heavy atom. The van der Waals surface area contributed by atoms with Crippen LogP contribution in [0.3, 0.4) is 0 Å². The van der Waals surface area contributed by atoms with Crippen LogP contribution in [0.5, 0.6) is 0 Å². The first kappa shape index (κ1) is 14.7. The van der Waals surface area contributed by atoms with Gasteiger partial charge in [-0.2, -0.15) is 0 Å². The number of likely N-dealkylation sites (tertiary alicyclic amines) is 1. The standard InChI is InChI=1S/C14H18N4O4/c15-14-16-9-4-2-1-3-8(9)11(17-14)12(20)18-6-7(19)5-10(18)13(21)22/h7,10,19H,1-6H2,(H,21,22)(H2,15,16,17)/t7-,10+/m1/s1. The van der Waals surface area contributed by atoms with Crippen molar-refractivity contribution in [2.45, 2.75) is 44.2 Å². The molecule has 2 aliphatic rings. The molecule has 1 fully saturated rings. The summed E-state index contributed by atoms with van der Waals surface area (Å²) in [6.07, 6.45) is 2.55. The number of rotatable bonds is 2. The molecular weight excluding hydrogens is 288 g/mol. The number of β-amino-alcohol motifs (C(OH)–C–C–N with tert-alkyl or cyclic N) is 1. The lowest BCUT2D eigenvalue weighted by atomic mass is 9.94. The lowest BCUT2D eigenvalue weighted by Gasteiger charge is -2.24. The second-order valence-electron chi connectivity index (χ2n) is 5.76. The van der Waals surface area contributed by atoms with Gasteiger partial charge in [-0.25, -0.2) is 14.8 Å². The van der Waals surface area contributed by atoms with Gasteiger partial charge in [0.1, 0.15) is 11.7 Å². The molecule has 1 aliphatic heterocycles. The van der Waals surface area contributed by atoms with Gasteiger partial charge in [-0.3, -0.25) is 4.79 Å². The summed E-state index contributed by atoms with van der Waals surface area (Å²) in [4.78, 5) is 33.4. The molecule has 0 unspecified atom stereocenters. The molecule has 0 radical (unpaired) electrons. The monoisotopic (exact) mass is 306 g/mol. The van der Waals surface area contributed by atoms with Crippen LogP contribution in [-0.4, -0.2) is 55.6 Å². The maximum Gasteiger partial charge on any atom is 0.326 e. The van der Waals surface area contributed by atoms with E-state index in [1.54, 1.807) is 0 Å². The smallest absolute Gasteiger partial charge is 0.326 e. The zero-order chi connectivity index (χ0) is 15.9. The molecule has 0 saturated carbocycles. The second-order valence-corrected chi connectivity index (χ2v) is 5.76. The van der Waals surface area contributed by atoms with E-state index in [9.17, 15) is 19.8 Å². The Labute approximate surface area is 127 Å². The number of anilines is 1. The fourth-order valence-corrected chi connectivity index (χ4v) is 3.20. The second kappa shape index (κ2) is 5.53. The molecular formula is C14H18N4O4. The molecule has 1 aliphatic carbocycles. The molecule has 2 atom stereocenters. The molecule has 8 heteroatoms. The van der Waals surface area contributed by atoms with Gasteiger partial charge in [0, 0.05) is 24.2 Å². The van der Waals surface area contributed by atoms with Crippen molar-refractivity contribution in [2.75, 3.05) is 12.3 Å². The highest BCUT2D eigenvalue weighted by Crippen LogP contribution is 2.26. The maximum atomic E-state index is 12.7. The summed E-state index contributed by atoms with van der Waals surface area (Å²) in [5, 5.41) is 18.9. The molecule has 22 heavy (non-hydrogen) atoms. The van der Waals surface area contributed by atoms with Gasteiger partial charge in [-0.1, -0.05) is 0 Å². The number of aliphatic carboxylic acids is 1. The number of nitrogens with two attached hydrogens (primary N) is 1. The van der Waals surface area contributed by atoms with E-state index in [4.69, 9.17) is 5.73 Å². The van der Waals surface area contributed by atoms with Crippen LogP contribution in [0.15, 0.2) is 0 Å². The highest BCUT2D eigenvalue weighted by atomic mass is 16.4. The van der Waals surface area contributed by atoms with Crippen LogP contribution in [0.1, 0.15) is 41.0 Å². The summed E-state index contributed by atoms with van der Waals surface area (Å²) in [5.74, 6) is -1.59. The van der Waals surface area contributed by atoms with E-state index in [0.29, 0.717) is 6.42 Å². The van der Waals surface area contributed by atoms with Gasteiger partial charge in [-0.05, 0) is 25.7 Å². The number of nitrogen functional groups attached to an aromatic ring is 1. The topological polar surface area (TPSA) is 130 Å². The number of hydrogen-bond acceptors (Lipinski definition) is 6. The number of nitrogens with zero attached hydrogens (tertiary/aromatic N) is 3. The van der Waals surface area contributed by atoms with Crippen LogP contribution in [0.2, 0.25) is 0 Å². The van der Waals surface area contributed by atoms with Gasteiger partial charge in [0.05, 0.1) is 6.10 Å². The van der Waals surface area contributed by atoms with Crippen molar-refractivity contribution in [3.63, 3.8) is 0 Å². The van der Waals surface area contributed by atoms with Crippen molar-refractivity contribution < 1.29 is 19.8 Å². The minimum atomic E-state index is -1.12. The number of carbonyl (C=O) groups is 2. The third-order valence-electron chi connectivity index (χ3n) is 4.23. The van der Waals surface area contributed by atoms with E-state index < -0.39 is 24.0 Å². The predicted molar refractivity (Wildman–Crippen MR) is 76.2 cm³/mol. The van der Waals surface area contributed by atoms with E-state index in [2.05, 4.69) is 9.97 Å². The zero-order valence-corrected chi connectivity index (χ0v) is 12.0. The van der Waals surface area contributed by atoms with Crippen molar-refractivity contribution in [1.82, 2.24) is 14.9 Å². The van der Waals surface area contributed by atoms with Crippen molar-refractivity contribution in [2.24, 2.45) is 0 Å². The van der Waals surface area contributed by atoms with Crippen molar-refractivity contribution in [3.05, 3.63) is 17.0 Å². The number of aryl methyl sites for hydroxylation is 1. The number of aliphatic hydroxyl groups is 1. The predicted octanol–water partition coefficient (Wildman–Crippen LogP) is -0.402. The van der Waals surface area contributed by atoms with Gasteiger partial charge >= 0.3 is 5.97 Å². The average Bonchev–Trinajstić information content (AvgIpc) is 2.88. The van der Waals surface area contributed by atoms with Crippen molar-refractivity contribution in [3.8, 4) is 0 Å². The molecule has 0 aromatic carbocycles. The highest BCUT2D eigenvalue weighted by molar-refractivity contribution is 5.97. The van der Waals surface area contributed by atoms with Crippen LogP contribution in [-0.2, 0) is 17.6 Å². The molecule has 1 aromatic rings. The van der Waals surface area contributed by atoms with Gasteiger partial charge in [0.2, 0.25) is 5.95 Å². The molecule has 118 valence electrons. The summed E-state index contributed by atoms with van der Waals surface area (Å²) in [6, 6.07) is -1.03. The number of aliphatic hydroxyl groups excluding tert-OH is 1. The molecule has 0 bridgehead atoms. The molecule has 8 nitrogen and oxygen atoms in total. The first-order valence-corrected chi connectivity index (χ1v) is 7.34. The SMILES string of the molecule is Nc1nc2c(c(C(=O)N3C[C@H](O)C[C@H]3C(=O)O)n1)CCCC2. The minimum absolute atomic E-state index is 0.00548. The molecule has 2 heterocycles. The maximum absolute atomic E-state index is 12.7. The molecule has 0 spiro atoms. The number of carboxylic acids is 1. The molecule has 1 aromatic heterocycles. The van der Waals surface area contributed by atoms with Crippen LogP contribution in [0.4, 0.5) is 5.95 Å². The molecule has 1 amide bonds. The quantitative estimate of drug-likeness (QED) is 0.677. The Balaban J connectivity index is 1.98. The molecule has 4 N–H and O–H groups in total. The van der Waals surface area contributed by atoms with Crippen LogP contribution in [0, 0.1) is 0 Å². The third-order valence-corrected chi connectivity index (χ3v) is 4.23. The Bertz CT molecular complexity index is 634. The number of amides is 1. The lowest BCUT2D eigenvalue weighted by molar-refractivity contribution is -0.141. The third kappa shape index (κ3) is 2.50. The van der Waals surface area contributed by atoms with Crippen LogP contribution >= 0.6 is 0 Å². The first-order valence-electron chi connectivity index (χ1n) is 7.34. The summed E-state index contributed by atoms with van der Waals surface area (Å²) in [5.41, 5.74) is 7.40. The van der Waals surface area contributed by atoms with Gasteiger partial charge in [0.15, 0.2) is 0 Å². The van der Waals surface area contributed by atoms with E-state index in [1.807, 2.05) is 0 Å². The largest absolute Gasteiger partial charge is 0.480 e. The summed E-state index contributed by atoms with van der Waals surface area (Å²) >= 11 is 0. The summed E-state index contributed by atoms with van der Waals surface area (Å²) in [6.45, 7) is -0.00548. The Kier molecular flexibility index (Phi) is 3.69. The fraction of sp³-hybridized carbons (Fsp3) is 0.571. The Hall–Kier alpha value is -2.22. The van der Waals surface area contributed by atoms with Crippen molar-refractivity contribution >= 4 is 17.8 Å². The van der Waals surface area contributed by atoms with Gasteiger partial charge in [-0.15, -0.1) is 0 Å². The summed E-state index contributed by atoms with van der Waals surface area (Å²) in [7, 11) is 0. The zero-order valence-electron chi connectivity index (χ0n) is 12.0. The number of carbonyl (C=O) groups excluding carboxylic acids is 1.